The van der Waals surface area contributed by atoms with E-state index in [0.717, 1.165) is 24.4 Å². The van der Waals surface area contributed by atoms with Gasteiger partial charge in [-0.3, -0.25) is 4.90 Å². The molecule has 2 rings (SSSR count). The maximum atomic E-state index is 5.35. The summed E-state index contributed by atoms with van der Waals surface area (Å²) in [7, 11) is 3.77. The number of thiophene rings is 1. The molecule has 0 saturated carbocycles. The maximum absolute atomic E-state index is 5.35. The standard InChI is InChI=1S/C13H19N3O2S/c1-10(16(2)7-5-8-17-3)13-14-12(15-18-13)11-6-4-9-19-11/h4,6,9-10H,5,7-8H2,1-3H3. The average molecular weight is 281 g/mol. The van der Waals surface area contributed by atoms with Crippen LogP contribution in [0.1, 0.15) is 25.3 Å². The van der Waals surface area contributed by atoms with Gasteiger partial charge in [-0.25, -0.2) is 0 Å². The van der Waals surface area contributed by atoms with E-state index < -0.39 is 0 Å². The highest BCUT2D eigenvalue weighted by atomic mass is 32.1. The molecular weight excluding hydrogens is 262 g/mol. The molecule has 2 aromatic rings. The minimum Gasteiger partial charge on any atom is -0.385 e. The third kappa shape index (κ3) is 3.62. The normalized spacial score (nSPS) is 13.1. The van der Waals surface area contributed by atoms with E-state index in [1.54, 1.807) is 18.4 Å². The van der Waals surface area contributed by atoms with Crippen molar-refractivity contribution in [3.63, 3.8) is 0 Å². The highest BCUT2D eigenvalue weighted by Crippen LogP contribution is 2.24. The molecule has 6 heteroatoms. The van der Waals surface area contributed by atoms with Crippen molar-refractivity contribution in [2.24, 2.45) is 0 Å². The Morgan fingerprint density at radius 1 is 1.53 bits per heavy atom. The van der Waals surface area contributed by atoms with Gasteiger partial charge in [-0.1, -0.05) is 11.2 Å². The van der Waals surface area contributed by atoms with Crippen molar-refractivity contribution in [3.05, 3.63) is 23.4 Å². The number of hydrogen-bond donors (Lipinski definition) is 0. The zero-order chi connectivity index (χ0) is 13.7. The minimum atomic E-state index is 0.109. The Bertz CT molecular complexity index is 484. The zero-order valence-corrected chi connectivity index (χ0v) is 12.3. The summed E-state index contributed by atoms with van der Waals surface area (Å²) in [5.41, 5.74) is 0. The zero-order valence-electron chi connectivity index (χ0n) is 11.5. The molecule has 0 aliphatic heterocycles. The number of rotatable bonds is 7. The molecule has 1 atom stereocenters. The van der Waals surface area contributed by atoms with Crippen molar-refractivity contribution in [1.82, 2.24) is 15.0 Å². The van der Waals surface area contributed by atoms with Gasteiger partial charge in [-0.05, 0) is 31.8 Å². The molecule has 0 aliphatic carbocycles. The van der Waals surface area contributed by atoms with Crippen molar-refractivity contribution in [2.75, 3.05) is 27.3 Å². The number of hydrogen-bond acceptors (Lipinski definition) is 6. The summed E-state index contributed by atoms with van der Waals surface area (Å²) in [6.45, 7) is 3.77. The lowest BCUT2D eigenvalue weighted by molar-refractivity contribution is 0.158. The lowest BCUT2D eigenvalue weighted by atomic mass is 10.3. The molecule has 0 aliphatic rings. The molecule has 0 saturated heterocycles. The van der Waals surface area contributed by atoms with Crippen LogP contribution in [0.2, 0.25) is 0 Å². The van der Waals surface area contributed by atoms with Crippen molar-refractivity contribution in [1.29, 1.82) is 0 Å². The first-order chi connectivity index (χ1) is 9.22. The molecule has 104 valence electrons. The second-order valence-corrected chi connectivity index (χ2v) is 5.38. The summed E-state index contributed by atoms with van der Waals surface area (Å²) in [6, 6.07) is 4.08. The SMILES string of the molecule is COCCCN(C)C(C)c1nc(-c2cccs2)no1. The summed E-state index contributed by atoms with van der Waals surface area (Å²) in [4.78, 5) is 7.68. The van der Waals surface area contributed by atoms with Gasteiger partial charge in [0.05, 0.1) is 10.9 Å². The molecular formula is C13H19N3O2S. The molecule has 0 radical (unpaired) electrons. The van der Waals surface area contributed by atoms with Crippen LogP contribution < -0.4 is 0 Å². The lowest BCUT2D eigenvalue weighted by Crippen LogP contribution is -2.24. The molecule has 2 aromatic heterocycles. The molecule has 19 heavy (non-hydrogen) atoms. The summed E-state index contributed by atoms with van der Waals surface area (Å²) in [6.07, 6.45) is 0.989. The summed E-state index contributed by atoms with van der Waals surface area (Å²) < 4.78 is 10.4. The molecule has 0 aromatic carbocycles. The highest BCUT2D eigenvalue weighted by Gasteiger charge is 2.19. The van der Waals surface area contributed by atoms with E-state index in [2.05, 4.69) is 29.0 Å². The predicted octanol–water partition coefficient (Wildman–Crippen LogP) is 2.83. The van der Waals surface area contributed by atoms with Gasteiger partial charge in [-0.2, -0.15) is 4.98 Å². The van der Waals surface area contributed by atoms with Gasteiger partial charge in [0, 0.05) is 20.3 Å². The van der Waals surface area contributed by atoms with Gasteiger partial charge in [0.25, 0.3) is 0 Å². The van der Waals surface area contributed by atoms with E-state index in [1.807, 2.05) is 17.5 Å². The molecule has 5 nitrogen and oxygen atoms in total. The largest absolute Gasteiger partial charge is 0.385 e. The molecule has 1 unspecified atom stereocenters. The third-order valence-corrected chi connectivity index (χ3v) is 3.93. The molecule has 0 fully saturated rings. The van der Waals surface area contributed by atoms with Gasteiger partial charge in [-0.15, -0.1) is 11.3 Å². The van der Waals surface area contributed by atoms with Crippen LogP contribution in [-0.2, 0) is 4.74 Å². The van der Waals surface area contributed by atoms with Crippen LogP contribution in [0, 0.1) is 0 Å². The number of methoxy groups -OCH3 is 1. The van der Waals surface area contributed by atoms with Crippen LogP contribution in [-0.4, -0.2) is 42.3 Å². The van der Waals surface area contributed by atoms with Crippen LogP contribution in [0.4, 0.5) is 0 Å². The van der Waals surface area contributed by atoms with Gasteiger partial charge < -0.3 is 9.26 Å². The molecule has 0 spiro atoms. The lowest BCUT2D eigenvalue weighted by Gasteiger charge is -2.21. The predicted molar refractivity (Wildman–Crippen MR) is 75.1 cm³/mol. The maximum Gasteiger partial charge on any atom is 0.244 e. The van der Waals surface area contributed by atoms with Crippen LogP contribution in [0.15, 0.2) is 22.0 Å². The first-order valence-electron chi connectivity index (χ1n) is 6.29. The van der Waals surface area contributed by atoms with Crippen LogP contribution in [0.25, 0.3) is 10.7 Å². The van der Waals surface area contributed by atoms with Crippen LogP contribution >= 0.6 is 11.3 Å². The second kappa shape index (κ2) is 6.79. The van der Waals surface area contributed by atoms with E-state index in [-0.39, 0.29) is 6.04 Å². The minimum absolute atomic E-state index is 0.109. The van der Waals surface area contributed by atoms with Crippen molar-refractivity contribution in [3.8, 4) is 10.7 Å². The van der Waals surface area contributed by atoms with E-state index in [4.69, 9.17) is 9.26 Å². The Morgan fingerprint density at radius 3 is 3.05 bits per heavy atom. The second-order valence-electron chi connectivity index (χ2n) is 4.44. The average Bonchev–Trinajstić information content (AvgIpc) is 3.08. The Hall–Kier alpha value is -1.24. The molecule has 0 bridgehead atoms. The highest BCUT2D eigenvalue weighted by molar-refractivity contribution is 7.13. The number of aromatic nitrogens is 2. The number of ether oxygens (including phenoxy) is 1. The monoisotopic (exact) mass is 281 g/mol. The van der Waals surface area contributed by atoms with Crippen LogP contribution in [0.3, 0.4) is 0 Å². The van der Waals surface area contributed by atoms with E-state index in [0.29, 0.717) is 11.7 Å². The summed E-state index contributed by atoms with van der Waals surface area (Å²) in [5, 5.41) is 6.04. The quantitative estimate of drug-likeness (QED) is 0.730. The first-order valence-corrected chi connectivity index (χ1v) is 7.17. The Kier molecular flexibility index (Phi) is 5.07. The Morgan fingerprint density at radius 2 is 2.37 bits per heavy atom. The summed E-state index contributed by atoms with van der Waals surface area (Å²) in [5.74, 6) is 1.32. The van der Waals surface area contributed by atoms with Crippen molar-refractivity contribution in [2.45, 2.75) is 19.4 Å². The van der Waals surface area contributed by atoms with Crippen molar-refractivity contribution < 1.29 is 9.26 Å². The van der Waals surface area contributed by atoms with Gasteiger partial charge in [0.15, 0.2) is 0 Å². The van der Waals surface area contributed by atoms with E-state index >= 15 is 0 Å². The first kappa shape index (κ1) is 14.2. The fourth-order valence-corrected chi connectivity index (χ4v) is 2.40. The molecule has 0 N–H and O–H groups in total. The third-order valence-electron chi connectivity index (χ3n) is 3.06. The van der Waals surface area contributed by atoms with Gasteiger partial charge in [0.2, 0.25) is 11.7 Å². The van der Waals surface area contributed by atoms with E-state index in [1.165, 1.54) is 0 Å². The number of nitrogens with zero attached hydrogens (tertiary/aromatic N) is 3. The fraction of sp³-hybridized carbons (Fsp3) is 0.538. The van der Waals surface area contributed by atoms with Crippen molar-refractivity contribution >= 4 is 11.3 Å². The van der Waals surface area contributed by atoms with E-state index in [9.17, 15) is 0 Å². The van der Waals surface area contributed by atoms with Gasteiger partial charge in [0.1, 0.15) is 0 Å². The molecule has 2 heterocycles. The fourth-order valence-electron chi connectivity index (χ4n) is 1.75. The summed E-state index contributed by atoms with van der Waals surface area (Å²) >= 11 is 1.61. The van der Waals surface area contributed by atoms with Gasteiger partial charge >= 0.3 is 0 Å². The molecule has 0 amide bonds. The smallest absolute Gasteiger partial charge is 0.244 e. The Balaban J connectivity index is 1.97. The topological polar surface area (TPSA) is 51.4 Å². The van der Waals surface area contributed by atoms with Crippen LogP contribution in [0.5, 0.6) is 0 Å². The Labute approximate surface area is 117 Å².